The number of benzene rings is 1. The maximum Gasteiger partial charge on any atom is 0.0486 e. The van der Waals surface area contributed by atoms with Gasteiger partial charge in [-0.25, -0.2) is 0 Å². The molecule has 4 atom stereocenters. The van der Waals surface area contributed by atoms with E-state index in [-0.39, 0.29) is 0 Å². The van der Waals surface area contributed by atoms with Gasteiger partial charge in [0.1, 0.15) is 0 Å². The van der Waals surface area contributed by atoms with Crippen LogP contribution in [0, 0.1) is 17.8 Å². The lowest BCUT2D eigenvalue weighted by Crippen LogP contribution is -2.28. The van der Waals surface area contributed by atoms with Crippen molar-refractivity contribution in [1.82, 2.24) is 0 Å². The van der Waals surface area contributed by atoms with Crippen molar-refractivity contribution in [2.45, 2.75) is 25.8 Å². The van der Waals surface area contributed by atoms with Crippen molar-refractivity contribution in [1.29, 1.82) is 0 Å². The molecule has 2 aliphatic rings. The molecule has 2 aliphatic carbocycles. The van der Waals surface area contributed by atoms with Crippen LogP contribution in [-0.4, -0.2) is 6.04 Å². The number of fused-ring (bicyclic) bond motifs is 2. The number of anilines is 1. The topological polar surface area (TPSA) is 12.0 Å². The summed E-state index contributed by atoms with van der Waals surface area (Å²) in [7, 11) is 0. The molecule has 2 bridgehead atoms. The highest BCUT2D eigenvalue weighted by atomic mass is 79.9. The summed E-state index contributed by atoms with van der Waals surface area (Å²) in [6, 6.07) is 8.92. The average Bonchev–Trinajstić information content (AvgIpc) is 2.94. The van der Waals surface area contributed by atoms with E-state index in [1.807, 2.05) is 0 Å². The van der Waals surface area contributed by atoms with Crippen molar-refractivity contribution >= 4 is 21.6 Å². The fourth-order valence-electron chi connectivity index (χ4n) is 3.33. The van der Waals surface area contributed by atoms with E-state index in [1.165, 1.54) is 18.5 Å². The number of allylic oxidation sites excluding steroid dienone is 2. The van der Waals surface area contributed by atoms with E-state index in [1.54, 1.807) is 0 Å². The van der Waals surface area contributed by atoms with E-state index in [0.29, 0.717) is 6.04 Å². The molecule has 3 rings (SSSR count). The molecule has 0 aromatic heterocycles. The maximum absolute atomic E-state index is 3.66. The predicted molar refractivity (Wildman–Crippen MR) is 76.1 cm³/mol. The van der Waals surface area contributed by atoms with Crippen molar-refractivity contribution in [3.05, 3.63) is 40.9 Å². The van der Waals surface area contributed by atoms with Gasteiger partial charge in [-0.2, -0.15) is 0 Å². The summed E-state index contributed by atoms with van der Waals surface area (Å²) in [5.74, 6) is 2.47. The average molecular weight is 292 g/mol. The van der Waals surface area contributed by atoms with Gasteiger partial charge in [0.15, 0.2) is 0 Å². The SMILES string of the molecule is CC(Nc1ccccc1Br)C1CC2C=CC1C2. The lowest BCUT2D eigenvalue weighted by molar-refractivity contribution is 0.400. The van der Waals surface area contributed by atoms with E-state index >= 15 is 0 Å². The molecule has 17 heavy (non-hydrogen) atoms. The van der Waals surface area contributed by atoms with Gasteiger partial charge < -0.3 is 5.32 Å². The van der Waals surface area contributed by atoms with Gasteiger partial charge in [-0.3, -0.25) is 0 Å². The third-order valence-corrected chi connectivity index (χ3v) is 4.92. The van der Waals surface area contributed by atoms with Crippen LogP contribution in [0.4, 0.5) is 5.69 Å². The molecule has 1 fully saturated rings. The van der Waals surface area contributed by atoms with Crippen LogP contribution in [0.5, 0.6) is 0 Å². The summed E-state index contributed by atoms with van der Waals surface area (Å²) in [4.78, 5) is 0. The van der Waals surface area contributed by atoms with Crippen LogP contribution in [0.15, 0.2) is 40.9 Å². The Hall–Kier alpha value is -0.760. The number of hydrogen-bond donors (Lipinski definition) is 1. The number of para-hydroxylation sites is 1. The van der Waals surface area contributed by atoms with Crippen molar-refractivity contribution in [3.8, 4) is 0 Å². The van der Waals surface area contributed by atoms with Crippen molar-refractivity contribution in [2.75, 3.05) is 5.32 Å². The quantitative estimate of drug-likeness (QED) is 0.811. The van der Waals surface area contributed by atoms with E-state index in [2.05, 4.69) is 64.6 Å². The molecule has 0 amide bonds. The zero-order chi connectivity index (χ0) is 11.8. The Balaban J connectivity index is 1.70. The molecular formula is C15H18BrN. The number of hydrogen-bond acceptors (Lipinski definition) is 1. The number of halogens is 1. The monoisotopic (exact) mass is 291 g/mol. The summed E-state index contributed by atoms with van der Waals surface area (Å²) in [5, 5.41) is 3.66. The molecule has 1 N–H and O–H groups in total. The van der Waals surface area contributed by atoms with Gasteiger partial charge in [0.05, 0.1) is 0 Å². The Bertz CT molecular complexity index is 440. The summed E-state index contributed by atoms with van der Waals surface area (Å²) in [6.07, 6.45) is 7.58. The van der Waals surface area contributed by atoms with E-state index in [0.717, 1.165) is 22.2 Å². The van der Waals surface area contributed by atoms with Crippen LogP contribution in [-0.2, 0) is 0 Å². The molecular weight excluding hydrogens is 274 g/mol. The molecule has 0 heterocycles. The molecule has 90 valence electrons. The normalized spacial score (nSPS) is 31.8. The highest BCUT2D eigenvalue weighted by molar-refractivity contribution is 9.10. The Kier molecular flexibility index (Phi) is 2.99. The zero-order valence-corrected chi connectivity index (χ0v) is 11.7. The molecule has 1 aromatic rings. The summed E-state index contributed by atoms with van der Waals surface area (Å²) in [5.41, 5.74) is 1.21. The molecule has 0 spiro atoms. The van der Waals surface area contributed by atoms with Crippen LogP contribution < -0.4 is 5.32 Å². The van der Waals surface area contributed by atoms with Gasteiger partial charge in [-0.1, -0.05) is 24.3 Å². The first kappa shape index (κ1) is 11.3. The van der Waals surface area contributed by atoms with E-state index < -0.39 is 0 Å². The first-order valence-electron chi connectivity index (χ1n) is 6.43. The minimum Gasteiger partial charge on any atom is -0.381 e. The largest absolute Gasteiger partial charge is 0.381 e. The highest BCUT2D eigenvalue weighted by Gasteiger charge is 2.38. The Morgan fingerprint density at radius 2 is 2.06 bits per heavy atom. The molecule has 1 nitrogen and oxygen atoms in total. The van der Waals surface area contributed by atoms with E-state index in [4.69, 9.17) is 0 Å². The Labute approximate surface area is 111 Å². The second-order valence-electron chi connectivity index (χ2n) is 5.36. The maximum atomic E-state index is 3.66. The van der Waals surface area contributed by atoms with Crippen LogP contribution >= 0.6 is 15.9 Å². The zero-order valence-electron chi connectivity index (χ0n) is 10.1. The van der Waals surface area contributed by atoms with Crippen molar-refractivity contribution in [2.24, 2.45) is 17.8 Å². The van der Waals surface area contributed by atoms with Crippen LogP contribution in [0.1, 0.15) is 19.8 Å². The predicted octanol–water partition coefficient (Wildman–Crippen LogP) is 4.46. The Morgan fingerprint density at radius 3 is 2.71 bits per heavy atom. The van der Waals surface area contributed by atoms with Crippen LogP contribution in [0.25, 0.3) is 0 Å². The third kappa shape index (κ3) is 2.15. The number of rotatable bonds is 3. The highest BCUT2D eigenvalue weighted by Crippen LogP contribution is 2.45. The molecule has 1 aromatic carbocycles. The van der Waals surface area contributed by atoms with Crippen LogP contribution in [0.2, 0.25) is 0 Å². The third-order valence-electron chi connectivity index (χ3n) is 4.23. The second-order valence-corrected chi connectivity index (χ2v) is 6.21. The minimum absolute atomic E-state index is 0.550. The van der Waals surface area contributed by atoms with Gasteiger partial charge in [0.25, 0.3) is 0 Å². The van der Waals surface area contributed by atoms with Crippen molar-refractivity contribution < 1.29 is 0 Å². The van der Waals surface area contributed by atoms with Gasteiger partial charge in [-0.05, 0) is 65.6 Å². The smallest absolute Gasteiger partial charge is 0.0486 e. The van der Waals surface area contributed by atoms with Crippen LogP contribution in [0.3, 0.4) is 0 Å². The van der Waals surface area contributed by atoms with Gasteiger partial charge in [-0.15, -0.1) is 0 Å². The number of nitrogens with one attached hydrogen (secondary N) is 1. The van der Waals surface area contributed by atoms with Crippen molar-refractivity contribution in [3.63, 3.8) is 0 Å². The lowest BCUT2D eigenvalue weighted by atomic mass is 9.87. The summed E-state index contributed by atoms with van der Waals surface area (Å²) in [6.45, 7) is 2.32. The Morgan fingerprint density at radius 1 is 1.24 bits per heavy atom. The van der Waals surface area contributed by atoms with E-state index in [9.17, 15) is 0 Å². The fourth-order valence-corrected chi connectivity index (χ4v) is 3.73. The molecule has 1 saturated carbocycles. The molecule has 0 aliphatic heterocycles. The molecule has 0 radical (unpaired) electrons. The van der Waals surface area contributed by atoms with Gasteiger partial charge in [0.2, 0.25) is 0 Å². The lowest BCUT2D eigenvalue weighted by Gasteiger charge is -2.27. The standard InChI is InChI=1S/C15H18BrN/c1-10(13-9-11-6-7-12(13)8-11)17-15-5-3-2-4-14(15)16/h2-7,10-13,17H,8-9H2,1H3. The first-order chi connectivity index (χ1) is 8.24. The minimum atomic E-state index is 0.550. The first-order valence-corrected chi connectivity index (χ1v) is 7.23. The second kappa shape index (κ2) is 4.49. The fraction of sp³-hybridized carbons (Fsp3) is 0.467. The summed E-state index contributed by atoms with van der Waals surface area (Å²) < 4.78 is 1.16. The molecule has 0 saturated heterocycles. The summed E-state index contributed by atoms with van der Waals surface area (Å²) >= 11 is 3.60. The van der Waals surface area contributed by atoms with Gasteiger partial charge in [0, 0.05) is 16.2 Å². The molecule has 2 heteroatoms. The molecule has 4 unspecified atom stereocenters. The van der Waals surface area contributed by atoms with Gasteiger partial charge >= 0.3 is 0 Å².